The molecular formula is C11H23NO. The van der Waals surface area contributed by atoms with E-state index in [1.54, 1.807) is 0 Å². The predicted molar refractivity (Wildman–Crippen MR) is 55.8 cm³/mol. The van der Waals surface area contributed by atoms with Crippen molar-refractivity contribution in [3.8, 4) is 0 Å². The summed E-state index contributed by atoms with van der Waals surface area (Å²) in [6.45, 7) is 7.09. The highest BCUT2D eigenvalue weighted by Gasteiger charge is 2.35. The minimum Gasteiger partial charge on any atom is -0.388 e. The molecule has 1 heterocycles. The minimum atomic E-state index is -0.385. The van der Waals surface area contributed by atoms with Crippen LogP contribution in [0.1, 0.15) is 46.0 Å². The van der Waals surface area contributed by atoms with E-state index in [-0.39, 0.29) is 5.60 Å². The second-order valence-electron chi connectivity index (χ2n) is 4.62. The highest BCUT2D eigenvalue weighted by molar-refractivity contribution is 4.90. The van der Waals surface area contributed by atoms with Gasteiger partial charge in [-0.15, -0.1) is 0 Å². The SMILES string of the molecule is CCCCCCCN1CC(C)(O)C1. The van der Waals surface area contributed by atoms with Crippen LogP contribution >= 0.6 is 0 Å². The molecule has 13 heavy (non-hydrogen) atoms. The summed E-state index contributed by atoms with van der Waals surface area (Å²) in [4.78, 5) is 2.34. The third kappa shape index (κ3) is 4.10. The monoisotopic (exact) mass is 185 g/mol. The van der Waals surface area contributed by atoms with Crippen molar-refractivity contribution in [3.63, 3.8) is 0 Å². The molecule has 1 aliphatic rings. The molecule has 0 spiro atoms. The van der Waals surface area contributed by atoms with Gasteiger partial charge in [-0.1, -0.05) is 32.6 Å². The Balaban J connectivity index is 1.85. The first kappa shape index (κ1) is 11.0. The van der Waals surface area contributed by atoms with Crippen LogP contribution in [0.5, 0.6) is 0 Å². The Labute approximate surface area is 81.9 Å². The molecule has 0 aromatic rings. The quantitative estimate of drug-likeness (QED) is 0.640. The second kappa shape index (κ2) is 4.97. The molecule has 0 aromatic carbocycles. The molecule has 1 aliphatic heterocycles. The first-order valence-corrected chi connectivity index (χ1v) is 5.59. The molecule has 1 N–H and O–H groups in total. The summed E-state index contributed by atoms with van der Waals surface area (Å²) in [7, 11) is 0. The third-order valence-corrected chi connectivity index (χ3v) is 2.71. The average Bonchev–Trinajstić information content (AvgIpc) is 2.00. The van der Waals surface area contributed by atoms with Crippen molar-refractivity contribution in [1.29, 1.82) is 0 Å². The molecule has 2 nitrogen and oxygen atoms in total. The fourth-order valence-electron chi connectivity index (χ4n) is 2.01. The summed E-state index contributed by atoms with van der Waals surface area (Å²) in [5, 5.41) is 9.48. The maximum absolute atomic E-state index is 9.48. The molecule has 78 valence electrons. The van der Waals surface area contributed by atoms with Gasteiger partial charge in [0.25, 0.3) is 0 Å². The number of nitrogens with zero attached hydrogens (tertiary/aromatic N) is 1. The Morgan fingerprint density at radius 3 is 2.31 bits per heavy atom. The molecule has 0 bridgehead atoms. The molecule has 1 saturated heterocycles. The van der Waals surface area contributed by atoms with Crippen LogP contribution in [0.3, 0.4) is 0 Å². The summed E-state index contributed by atoms with van der Waals surface area (Å²) >= 11 is 0. The average molecular weight is 185 g/mol. The van der Waals surface area contributed by atoms with Gasteiger partial charge in [-0.05, 0) is 19.9 Å². The maximum Gasteiger partial charge on any atom is 0.0872 e. The van der Waals surface area contributed by atoms with E-state index in [4.69, 9.17) is 0 Å². The van der Waals surface area contributed by atoms with Gasteiger partial charge < -0.3 is 5.11 Å². The summed E-state index contributed by atoms with van der Waals surface area (Å²) in [5.41, 5.74) is -0.385. The van der Waals surface area contributed by atoms with E-state index in [1.165, 1.54) is 38.6 Å². The van der Waals surface area contributed by atoms with Crippen LogP contribution in [0.4, 0.5) is 0 Å². The van der Waals surface area contributed by atoms with Gasteiger partial charge in [0.1, 0.15) is 0 Å². The first-order valence-electron chi connectivity index (χ1n) is 5.59. The van der Waals surface area contributed by atoms with E-state index < -0.39 is 0 Å². The van der Waals surface area contributed by atoms with Crippen molar-refractivity contribution in [1.82, 2.24) is 4.90 Å². The van der Waals surface area contributed by atoms with Crippen LogP contribution in [-0.4, -0.2) is 35.2 Å². The van der Waals surface area contributed by atoms with Gasteiger partial charge in [-0.2, -0.15) is 0 Å². The summed E-state index contributed by atoms with van der Waals surface area (Å²) < 4.78 is 0. The molecule has 1 fully saturated rings. The smallest absolute Gasteiger partial charge is 0.0872 e. The molecule has 0 radical (unpaired) electrons. The zero-order chi connectivity index (χ0) is 9.73. The lowest BCUT2D eigenvalue weighted by Crippen LogP contribution is -2.59. The first-order chi connectivity index (χ1) is 6.14. The van der Waals surface area contributed by atoms with Crippen LogP contribution in [-0.2, 0) is 0 Å². The normalized spacial score (nSPS) is 21.5. The summed E-state index contributed by atoms with van der Waals surface area (Å²) in [6, 6.07) is 0. The summed E-state index contributed by atoms with van der Waals surface area (Å²) in [5.74, 6) is 0. The Kier molecular flexibility index (Phi) is 4.20. The summed E-state index contributed by atoms with van der Waals surface area (Å²) in [6.07, 6.45) is 6.72. The molecule has 0 aromatic heterocycles. The Morgan fingerprint density at radius 2 is 1.77 bits per heavy atom. The van der Waals surface area contributed by atoms with Gasteiger partial charge in [0.05, 0.1) is 5.60 Å². The van der Waals surface area contributed by atoms with Crippen molar-refractivity contribution < 1.29 is 5.11 Å². The van der Waals surface area contributed by atoms with Crippen molar-refractivity contribution in [2.24, 2.45) is 0 Å². The van der Waals surface area contributed by atoms with Crippen LogP contribution < -0.4 is 0 Å². The third-order valence-electron chi connectivity index (χ3n) is 2.71. The van der Waals surface area contributed by atoms with Crippen LogP contribution in [0.15, 0.2) is 0 Å². The van der Waals surface area contributed by atoms with Crippen molar-refractivity contribution in [3.05, 3.63) is 0 Å². The topological polar surface area (TPSA) is 23.5 Å². The van der Waals surface area contributed by atoms with Gasteiger partial charge >= 0.3 is 0 Å². The Morgan fingerprint density at radius 1 is 1.15 bits per heavy atom. The maximum atomic E-state index is 9.48. The van der Waals surface area contributed by atoms with Crippen molar-refractivity contribution in [2.45, 2.75) is 51.6 Å². The number of aliphatic hydroxyl groups is 1. The highest BCUT2D eigenvalue weighted by atomic mass is 16.3. The van der Waals surface area contributed by atoms with Gasteiger partial charge in [-0.3, -0.25) is 4.90 Å². The Hall–Kier alpha value is -0.0800. The van der Waals surface area contributed by atoms with Crippen LogP contribution in [0.2, 0.25) is 0 Å². The van der Waals surface area contributed by atoms with E-state index in [0.29, 0.717) is 0 Å². The molecule has 1 rings (SSSR count). The standard InChI is InChI=1S/C11H23NO/c1-3-4-5-6-7-8-12-9-11(2,13)10-12/h13H,3-10H2,1-2H3. The number of hydrogen-bond acceptors (Lipinski definition) is 2. The molecule has 0 atom stereocenters. The molecule has 0 amide bonds. The molecule has 0 aliphatic carbocycles. The zero-order valence-corrected chi connectivity index (χ0v) is 9.05. The molecular weight excluding hydrogens is 162 g/mol. The largest absolute Gasteiger partial charge is 0.388 e. The fourth-order valence-corrected chi connectivity index (χ4v) is 2.01. The van der Waals surface area contributed by atoms with Gasteiger partial charge in [-0.25, -0.2) is 0 Å². The number of unbranched alkanes of at least 4 members (excludes halogenated alkanes) is 4. The highest BCUT2D eigenvalue weighted by Crippen LogP contribution is 2.20. The molecule has 0 unspecified atom stereocenters. The second-order valence-corrected chi connectivity index (χ2v) is 4.62. The van der Waals surface area contributed by atoms with Crippen molar-refractivity contribution >= 4 is 0 Å². The van der Waals surface area contributed by atoms with Gasteiger partial charge in [0.15, 0.2) is 0 Å². The van der Waals surface area contributed by atoms with E-state index in [9.17, 15) is 5.11 Å². The molecule has 0 saturated carbocycles. The Bertz CT molecular complexity index is 137. The molecule has 2 heteroatoms. The van der Waals surface area contributed by atoms with E-state index in [0.717, 1.165) is 13.1 Å². The number of likely N-dealkylation sites (tertiary alicyclic amines) is 1. The lowest BCUT2D eigenvalue weighted by Gasteiger charge is -2.44. The number of hydrogen-bond donors (Lipinski definition) is 1. The predicted octanol–water partition coefficient (Wildman–Crippen LogP) is 2.02. The fraction of sp³-hybridized carbons (Fsp3) is 1.00. The lowest BCUT2D eigenvalue weighted by molar-refractivity contribution is -0.0833. The minimum absolute atomic E-state index is 0.385. The van der Waals surface area contributed by atoms with E-state index >= 15 is 0 Å². The zero-order valence-electron chi connectivity index (χ0n) is 9.05. The number of β-amino-alcohol motifs (C(OH)–C–C–N with tert-alkyl or cyclic N) is 1. The van der Waals surface area contributed by atoms with Crippen LogP contribution in [0.25, 0.3) is 0 Å². The number of rotatable bonds is 6. The van der Waals surface area contributed by atoms with Crippen molar-refractivity contribution in [2.75, 3.05) is 19.6 Å². The van der Waals surface area contributed by atoms with Crippen LogP contribution in [0, 0.1) is 0 Å². The lowest BCUT2D eigenvalue weighted by atomic mass is 9.96. The van der Waals surface area contributed by atoms with Gasteiger partial charge in [0, 0.05) is 13.1 Å². The van der Waals surface area contributed by atoms with E-state index in [2.05, 4.69) is 11.8 Å². The van der Waals surface area contributed by atoms with E-state index in [1.807, 2.05) is 6.92 Å². The van der Waals surface area contributed by atoms with Gasteiger partial charge in [0.2, 0.25) is 0 Å².